The van der Waals surface area contributed by atoms with Crippen molar-refractivity contribution < 1.29 is 15.0 Å². The molecule has 0 aliphatic carbocycles. The Morgan fingerprint density at radius 3 is 2.29 bits per heavy atom. The van der Waals surface area contributed by atoms with E-state index in [2.05, 4.69) is 10.2 Å². The molecular formula is C11H21N3O3. The predicted octanol–water partition coefficient (Wildman–Crippen LogP) is -2.16. The summed E-state index contributed by atoms with van der Waals surface area (Å²) in [5.41, 5.74) is 0. The maximum Gasteiger partial charge on any atom is 0.239 e. The molecule has 2 aliphatic heterocycles. The van der Waals surface area contributed by atoms with Crippen molar-refractivity contribution in [3.8, 4) is 0 Å². The Morgan fingerprint density at radius 2 is 1.76 bits per heavy atom. The number of rotatable bonds is 2. The summed E-state index contributed by atoms with van der Waals surface area (Å²) in [6, 6.07) is -0.172. The van der Waals surface area contributed by atoms with E-state index in [-0.39, 0.29) is 25.0 Å². The predicted molar refractivity (Wildman–Crippen MR) is 62.5 cm³/mol. The van der Waals surface area contributed by atoms with Crippen molar-refractivity contribution in [2.45, 2.75) is 25.2 Å². The van der Waals surface area contributed by atoms with Crippen molar-refractivity contribution in [1.82, 2.24) is 15.1 Å². The van der Waals surface area contributed by atoms with Crippen LogP contribution in [-0.4, -0.2) is 83.4 Å². The molecule has 98 valence electrons. The number of aliphatic hydroxyl groups is 2. The molecule has 0 aromatic carbocycles. The van der Waals surface area contributed by atoms with Gasteiger partial charge in [0.1, 0.15) is 0 Å². The van der Waals surface area contributed by atoms with E-state index in [4.69, 9.17) is 0 Å². The average Bonchev–Trinajstić information content (AvgIpc) is 2.69. The summed E-state index contributed by atoms with van der Waals surface area (Å²) in [6.45, 7) is 5.93. The molecule has 0 aromatic rings. The number of amides is 1. The summed E-state index contributed by atoms with van der Waals surface area (Å²) in [7, 11) is 0. The molecule has 0 saturated carbocycles. The van der Waals surface area contributed by atoms with Crippen molar-refractivity contribution in [1.29, 1.82) is 0 Å². The van der Waals surface area contributed by atoms with Gasteiger partial charge in [0.15, 0.2) is 0 Å². The van der Waals surface area contributed by atoms with Gasteiger partial charge in [-0.1, -0.05) is 0 Å². The van der Waals surface area contributed by atoms with Gasteiger partial charge in [0.05, 0.1) is 18.2 Å². The topological polar surface area (TPSA) is 76.0 Å². The zero-order chi connectivity index (χ0) is 12.4. The third-order valence-corrected chi connectivity index (χ3v) is 3.63. The Balaban J connectivity index is 1.90. The number of β-amino-alcohol motifs (C(OH)–C–C–N with tert-alkyl or cyclic N) is 2. The number of likely N-dealkylation sites (tertiary alicyclic amines) is 1. The van der Waals surface area contributed by atoms with Crippen molar-refractivity contribution in [2.75, 3.05) is 39.3 Å². The molecule has 2 heterocycles. The lowest BCUT2D eigenvalue weighted by Crippen LogP contribution is -2.53. The van der Waals surface area contributed by atoms with Crippen LogP contribution in [0.15, 0.2) is 0 Å². The lowest BCUT2D eigenvalue weighted by atomic mass is 10.2. The molecule has 6 heteroatoms. The standard InChI is InChI=1S/C11H21N3O3/c1-8(13-4-2-12-3-5-13)11(17)14-6-9(15)10(16)7-14/h8-10,12,15-16H,2-7H2,1H3. The van der Waals surface area contributed by atoms with Crippen LogP contribution >= 0.6 is 0 Å². The number of piperazine rings is 1. The van der Waals surface area contributed by atoms with Gasteiger partial charge in [0, 0.05) is 39.3 Å². The first-order chi connectivity index (χ1) is 8.09. The van der Waals surface area contributed by atoms with Crippen LogP contribution in [0, 0.1) is 0 Å². The maximum atomic E-state index is 12.2. The average molecular weight is 243 g/mol. The lowest BCUT2D eigenvalue weighted by molar-refractivity contribution is -0.136. The summed E-state index contributed by atoms with van der Waals surface area (Å²) in [4.78, 5) is 15.9. The molecule has 2 saturated heterocycles. The third-order valence-electron chi connectivity index (χ3n) is 3.63. The second-order valence-electron chi connectivity index (χ2n) is 4.84. The Bertz CT molecular complexity index is 271. The molecule has 0 bridgehead atoms. The van der Waals surface area contributed by atoms with Gasteiger partial charge in [-0.2, -0.15) is 0 Å². The van der Waals surface area contributed by atoms with Crippen molar-refractivity contribution in [3.05, 3.63) is 0 Å². The van der Waals surface area contributed by atoms with Crippen LogP contribution in [0.25, 0.3) is 0 Å². The minimum absolute atomic E-state index is 0.00231. The lowest BCUT2D eigenvalue weighted by Gasteiger charge is -2.33. The molecule has 3 unspecified atom stereocenters. The zero-order valence-corrected chi connectivity index (χ0v) is 10.2. The summed E-state index contributed by atoms with van der Waals surface area (Å²) in [5.74, 6) is 0.00231. The van der Waals surface area contributed by atoms with Crippen molar-refractivity contribution in [3.63, 3.8) is 0 Å². The minimum atomic E-state index is -0.797. The van der Waals surface area contributed by atoms with Crippen LogP contribution in [0.3, 0.4) is 0 Å². The highest BCUT2D eigenvalue weighted by molar-refractivity contribution is 5.81. The number of carbonyl (C=O) groups excluding carboxylic acids is 1. The van der Waals surface area contributed by atoms with Crippen LogP contribution in [-0.2, 0) is 4.79 Å². The number of carbonyl (C=O) groups is 1. The first-order valence-electron chi connectivity index (χ1n) is 6.19. The highest BCUT2D eigenvalue weighted by Gasteiger charge is 2.35. The molecule has 2 aliphatic rings. The van der Waals surface area contributed by atoms with Gasteiger partial charge < -0.3 is 20.4 Å². The van der Waals surface area contributed by atoms with Crippen LogP contribution in [0.2, 0.25) is 0 Å². The van der Waals surface area contributed by atoms with Gasteiger partial charge in [-0.15, -0.1) is 0 Å². The molecule has 17 heavy (non-hydrogen) atoms. The first kappa shape index (κ1) is 12.8. The summed E-state index contributed by atoms with van der Waals surface area (Å²) in [6.07, 6.45) is -1.59. The van der Waals surface area contributed by atoms with E-state index in [0.29, 0.717) is 0 Å². The van der Waals surface area contributed by atoms with Gasteiger partial charge in [0.2, 0.25) is 5.91 Å². The Hall–Kier alpha value is -0.690. The SMILES string of the molecule is CC(C(=O)N1CC(O)C(O)C1)N1CCNCC1. The van der Waals surface area contributed by atoms with E-state index in [0.717, 1.165) is 26.2 Å². The van der Waals surface area contributed by atoms with Crippen molar-refractivity contribution in [2.24, 2.45) is 0 Å². The first-order valence-corrected chi connectivity index (χ1v) is 6.19. The molecule has 3 N–H and O–H groups in total. The van der Waals surface area contributed by atoms with E-state index in [1.54, 1.807) is 4.90 Å². The van der Waals surface area contributed by atoms with Gasteiger partial charge in [0.25, 0.3) is 0 Å². The number of nitrogens with zero attached hydrogens (tertiary/aromatic N) is 2. The summed E-state index contributed by atoms with van der Waals surface area (Å²) < 4.78 is 0. The molecule has 0 spiro atoms. The Kier molecular flexibility index (Phi) is 3.98. The van der Waals surface area contributed by atoms with Crippen LogP contribution in [0.4, 0.5) is 0 Å². The molecule has 6 nitrogen and oxygen atoms in total. The molecule has 3 atom stereocenters. The number of aliphatic hydroxyl groups excluding tert-OH is 2. The molecule has 0 radical (unpaired) electrons. The van der Waals surface area contributed by atoms with Gasteiger partial charge in [-0.25, -0.2) is 0 Å². The smallest absolute Gasteiger partial charge is 0.239 e. The second-order valence-corrected chi connectivity index (χ2v) is 4.84. The molecule has 2 fully saturated rings. The molecule has 2 rings (SSSR count). The molecule has 1 amide bonds. The summed E-state index contributed by atoms with van der Waals surface area (Å²) >= 11 is 0. The zero-order valence-electron chi connectivity index (χ0n) is 10.2. The fourth-order valence-corrected chi connectivity index (χ4v) is 2.44. The monoisotopic (exact) mass is 243 g/mol. The van der Waals surface area contributed by atoms with Gasteiger partial charge in [-0.05, 0) is 6.92 Å². The van der Waals surface area contributed by atoms with E-state index in [1.165, 1.54) is 0 Å². The van der Waals surface area contributed by atoms with E-state index < -0.39 is 12.2 Å². The molecular weight excluding hydrogens is 222 g/mol. The van der Waals surface area contributed by atoms with Crippen molar-refractivity contribution >= 4 is 5.91 Å². The minimum Gasteiger partial charge on any atom is -0.388 e. The Labute approximate surface area is 101 Å². The maximum absolute atomic E-state index is 12.2. The Morgan fingerprint density at radius 1 is 1.24 bits per heavy atom. The number of hydrogen-bond donors (Lipinski definition) is 3. The van der Waals surface area contributed by atoms with Crippen LogP contribution < -0.4 is 5.32 Å². The fourth-order valence-electron chi connectivity index (χ4n) is 2.44. The largest absolute Gasteiger partial charge is 0.388 e. The third kappa shape index (κ3) is 2.77. The second kappa shape index (κ2) is 5.30. The van der Waals surface area contributed by atoms with E-state index in [9.17, 15) is 15.0 Å². The fraction of sp³-hybridized carbons (Fsp3) is 0.909. The van der Waals surface area contributed by atoms with E-state index >= 15 is 0 Å². The number of nitrogens with one attached hydrogen (secondary N) is 1. The quantitative estimate of drug-likeness (QED) is 0.515. The van der Waals surface area contributed by atoms with Crippen LogP contribution in [0.1, 0.15) is 6.92 Å². The molecule has 0 aromatic heterocycles. The highest BCUT2D eigenvalue weighted by atomic mass is 16.3. The normalized spacial score (nSPS) is 32.8. The van der Waals surface area contributed by atoms with Crippen LogP contribution in [0.5, 0.6) is 0 Å². The van der Waals surface area contributed by atoms with Gasteiger partial charge in [-0.3, -0.25) is 9.69 Å². The van der Waals surface area contributed by atoms with Gasteiger partial charge >= 0.3 is 0 Å². The summed E-state index contributed by atoms with van der Waals surface area (Å²) in [5, 5.41) is 22.1. The van der Waals surface area contributed by atoms with E-state index in [1.807, 2.05) is 6.92 Å². The highest BCUT2D eigenvalue weighted by Crippen LogP contribution is 2.13. The number of hydrogen-bond acceptors (Lipinski definition) is 5.